The van der Waals surface area contributed by atoms with E-state index in [1.807, 2.05) is 43.3 Å². The number of rotatable bonds is 5. The van der Waals surface area contributed by atoms with E-state index in [1.165, 1.54) is 5.56 Å². The molecule has 3 aromatic carbocycles. The van der Waals surface area contributed by atoms with Crippen molar-refractivity contribution in [2.45, 2.75) is 32.6 Å². The first-order chi connectivity index (χ1) is 12.9. The van der Waals surface area contributed by atoms with Crippen LogP contribution in [0.4, 0.5) is 0 Å². The second-order valence-corrected chi connectivity index (χ2v) is 7.17. The van der Waals surface area contributed by atoms with Crippen LogP contribution in [0.5, 0.6) is 5.75 Å². The van der Waals surface area contributed by atoms with Crippen molar-refractivity contribution >= 4 is 5.91 Å². The normalized spacial score (nSPS) is 13.1. The third-order valence-electron chi connectivity index (χ3n) is 5.14. The van der Waals surface area contributed by atoms with Gasteiger partial charge in [0.25, 0.3) is 0 Å². The number of benzene rings is 3. The van der Waals surface area contributed by atoms with E-state index in [9.17, 15) is 9.90 Å². The van der Waals surface area contributed by atoms with Crippen LogP contribution in [-0.2, 0) is 4.79 Å². The third kappa shape index (κ3) is 3.87. The van der Waals surface area contributed by atoms with Crippen LogP contribution in [0, 0.1) is 20.8 Å². The SMILES string of the molecule is Cc1ccc(C(c2ccccc2)C(C(N)=O)c2ccc(O)c(C)c2)c(C)c1. The molecule has 0 aromatic heterocycles. The molecule has 0 heterocycles. The highest BCUT2D eigenvalue weighted by Crippen LogP contribution is 2.40. The molecule has 2 unspecified atom stereocenters. The molecule has 0 radical (unpaired) electrons. The fourth-order valence-corrected chi connectivity index (χ4v) is 3.78. The average Bonchev–Trinajstić information content (AvgIpc) is 2.63. The van der Waals surface area contributed by atoms with Crippen LogP contribution >= 0.6 is 0 Å². The smallest absolute Gasteiger partial charge is 0.225 e. The fourth-order valence-electron chi connectivity index (χ4n) is 3.78. The molecule has 3 aromatic rings. The zero-order valence-corrected chi connectivity index (χ0v) is 15.9. The van der Waals surface area contributed by atoms with Crippen molar-refractivity contribution in [3.05, 3.63) is 100 Å². The number of hydrogen-bond donors (Lipinski definition) is 2. The first-order valence-electron chi connectivity index (χ1n) is 9.09. The summed E-state index contributed by atoms with van der Waals surface area (Å²) in [5, 5.41) is 9.90. The molecule has 138 valence electrons. The highest BCUT2D eigenvalue weighted by Gasteiger charge is 2.32. The summed E-state index contributed by atoms with van der Waals surface area (Å²) in [5.41, 5.74) is 11.9. The van der Waals surface area contributed by atoms with E-state index in [2.05, 4.69) is 32.0 Å². The largest absolute Gasteiger partial charge is 0.508 e. The summed E-state index contributed by atoms with van der Waals surface area (Å²) in [4.78, 5) is 12.6. The Bertz CT molecular complexity index is 963. The molecule has 3 nitrogen and oxygen atoms in total. The summed E-state index contributed by atoms with van der Waals surface area (Å²) in [6.07, 6.45) is 0. The summed E-state index contributed by atoms with van der Waals surface area (Å²) in [6.45, 7) is 5.95. The van der Waals surface area contributed by atoms with Gasteiger partial charge in [-0.05, 0) is 54.7 Å². The molecule has 0 spiro atoms. The Morgan fingerprint density at radius 3 is 2.15 bits per heavy atom. The molecule has 0 bridgehead atoms. The Morgan fingerprint density at radius 1 is 0.852 bits per heavy atom. The number of hydrogen-bond acceptors (Lipinski definition) is 2. The zero-order valence-electron chi connectivity index (χ0n) is 15.9. The maximum atomic E-state index is 12.6. The van der Waals surface area contributed by atoms with Gasteiger partial charge in [-0.15, -0.1) is 0 Å². The van der Waals surface area contributed by atoms with E-state index in [1.54, 1.807) is 12.1 Å². The summed E-state index contributed by atoms with van der Waals surface area (Å²) in [7, 11) is 0. The van der Waals surface area contributed by atoms with Crippen LogP contribution in [0.15, 0.2) is 66.7 Å². The monoisotopic (exact) mass is 359 g/mol. The number of carbonyl (C=O) groups is 1. The van der Waals surface area contributed by atoms with E-state index in [-0.39, 0.29) is 17.6 Å². The third-order valence-corrected chi connectivity index (χ3v) is 5.14. The van der Waals surface area contributed by atoms with Gasteiger partial charge in [-0.1, -0.05) is 66.2 Å². The maximum Gasteiger partial charge on any atom is 0.225 e. The number of carbonyl (C=O) groups excluding carboxylic acids is 1. The van der Waals surface area contributed by atoms with Crippen molar-refractivity contribution in [3.8, 4) is 5.75 Å². The van der Waals surface area contributed by atoms with Gasteiger partial charge in [0.1, 0.15) is 5.75 Å². The van der Waals surface area contributed by atoms with Gasteiger partial charge in [0.05, 0.1) is 5.92 Å². The van der Waals surface area contributed by atoms with Crippen molar-refractivity contribution in [1.82, 2.24) is 0 Å². The highest BCUT2D eigenvalue weighted by molar-refractivity contribution is 5.84. The molecule has 0 aliphatic heterocycles. The van der Waals surface area contributed by atoms with E-state index in [0.29, 0.717) is 0 Å². The van der Waals surface area contributed by atoms with Crippen LogP contribution in [0.25, 0.3) is 0 Å². The van der Waals surface area contributed by atoms with Gasteiger partial charge in [0, 0.05) is 5.92 Å². The number of aryl methyl sites for hydroxylation is 3. The Hall–Kier alpha value is -3.07. The van der Waals surface area contributed by atoms with Crippen molar-refractivity contribution in [3.63, 3.8) is 0 Å². The van der Waals surface area contributed by atoms with E-state index in [0.717, 1.165) is 27.8 Å². The van der Waals surface area contributed by atoms with E-state index < -0.39 is 5.92 Å². The minimum atomic E-state index is -0.534. The number of aromatic hydroxyl groups is 1. The van der Waals surface area contributed by atoms with Crippen LogP contribution in [0.2, 0.25) is 0 Å². The summed E-state index contributed by atoms with van der Waals surface area (Å²) in [6, 6.07) is 21.5. The molecule has 3 heteroatoms. The van der Waals surface area contributed by atoms with Gasteiger partial charge in [-0.2, -0.15) is 0 Å². The van der Waals surface area contributed by atoms with Gasteiger partial charge < -0.3 is 10.8 Å². The minimum absolute atomic E-state index is 0.201. The van der Waals surface area contributed by atoms with Gasteiger partial charge in [0.2, 0.25) is 5.91 Å². The molecule has 3 rings (SSSR count). The van der Waals surface area contributed by atoms with E-state index >= 15 is 0 Å². The molecule has 0 fully saturated rings. The van der Waals surface area contributed by atoms with Crippen molar-refractivity contribution < 1.29 is 9.90 Å². The highest BCUT2D eigenvalue weighted by atomic mass is 16.3. The number of phenolic OH excluding ortho intramolecular Hbond substituents is 1. The molecule has 1 amide bonds. The average molecular weight is 359 g/mol. The molecule has 3 N–H and O–H groups in total. The van der Waals surface area contributed by atoms with Crippen LogP contribution < -0.4 is 5.73 Å². The Morgan fingerprint density at radius 2 is 1.56 bits per heavy atom. The quantitative estimate of drug-likeness (QED) is 0.692. The van der Waals surface area contributed by atoms with Crippen molar-refractivity contribution in [2.24, 2.45) is 5.73 Å². The number of primary amides is 1. The fraction of sp³-hybridized carbons (Fsp3) is 0.208. The lowest BCUT2D eigenvalue weighted by Gasteiger charge is -2.28. The predicted octanol–water partition coefficient (Wildman–Crippen LogP) is 4.72. The second kappa shape index (κ2) is 7.67. The second-order valence-electron chi connectivity index (χ2n) is 7.17. The first-order valence-corrected chi connectivity index (χ1v) is 9.09. The molecule has 0 aliphatic carbocycles. The Balaban J connectivity index is 2.23. The predicted molar refractivity (Wildman–Crippen MR) is 109 cm³/mol. The Kier molecular flexibility index (Phi) is 5.31. The number of phenols is 1. The van der Waals surface area contributed by atoms with Crippen molar-refractivity contribution in [2.75, 3.05) is 0 Å². The van der Waals surface area contributed by atoms with E-state index in [4.69, 9.17) is 5.73 Å². The summed E-state index contributed by atoms with van der Waals surface area (Å²) in [5.74, 6) is -0.903. The number of amides is 1. The molecule has 2 atom stereocenters. The van der Waals surface area contributed by atoms with Gasteiger partial charge in [-0.25, -0.2) is 0 Å². The standard InChI is InChI=1S/C24H25NO2/c1-15-9-11-20(16(2)13-15)22(18-7-5-4-6-8-18)23(24(25)27)19-10-12-21(26)17(3)14-19/h4-14,22-23,26H,1-3H3,(H2,25,27). The van der Waals surface area contributed by atoms with Gasteiger partial charge in [0.15, 0.2) is 0 Å². The first kappa shape index (κ1) is 18.7. The summed E-state index contributed by atoms with van der Waals surface area (Å²) >= 11 is 0. The minimum Gasteiger partial charge on any atom is -0.508 e. The van der Waals surface area contributed by atoms with Crippen LogP contribution in [0.3, 0.4) is 0 Å². The van der Waals surface area contributed by atoms with Gasteiger partial charge in [-0.3, -0.25) is 4.79 Å². The lowest BCUT2D eigenvalue weighted by atomic mass is 9.75. The molecular formula is C24H25NO2. The molecule has 0 saturated carbocycles. The lowest BCUT2D eigenvalue weighted by Crippen LogP contribution is -2.28. The molecule has 0 aliphatic rings. The maximum absolute atomic E-state index is 12.6. The Labute approximate surface area is 160 Å². The lowest BCUT2D eigenvalue weighted by molar-refractivity contribution is -0.119. The zero-order chi connectivity index (χ0) is 19.6. The molecule has 27 heavy (non-hydrogen) atoms. The van der Waals surface area contributed by atoms with Crippen molar-refractivity contribution in [1.29, 1.82) is 0 Å². The summed E-state index contributed by atoms with van der Waals surface area (Å²) < 4.78 is 0. The molecular weight excluding hydrogens is 334 g/mol. The number of nitrogens with two attached hydrogens (primary N) is 1. The molecule has 0 saturated heterocycles. The van der Waals surface area contributed by atoms with Crippen LogP contribution in [0.1, 0.15) is 45.2 Å². The topological polar surface area (TPSA) is 63.3 Å². The van der Waals surface area contributed by atoms with Gasteiger partial charge >= 0.3 is 0 Å². The van der Waals surface area contributed by atoms with Crippen LogP contribution in [-0.4, -0.2) is 11.0 Å².